The highest BCUT2D eigenvalue weighted by molar-refractivity contribution is 6.06. The van der Waals surface area contributed by atoms with E-state index in [0.29, 0.717) is 0 Å². The molecule has 18 heavy (non-hydrogen) atoms. The topological polar surface area (TPSA) is 49.4 Å². The second-order valence-corrected chi connectivity index (χ2v) is 4.27. The van der Waals surface area contributed by atoms with Crippen molar-refractivity contribution in [1.82, 2.24) is 4.90 Å². The van der Waals surface area contributed by atoms with E-state index in [2.05, 4.69) is 5.32 Å². The van der Waals surface area contributed by atoms with E-state index >= 15 is 0 Å². The molecule has 1 aliphatic heterocycles. The molecule has 2 rings (SSSR count). The summed E-state index contributed by atoms with van der Waals surface area (Å²) in [6.07, 6.45) is -0.0513. The van der Waals surface area contributed by atoms with Crippen LogP contribution in [0.25, 0.3) is 0 Å². The van der Waals surface area contributed by atoms with Gasteiger partial charge < -0.3 is 5.32 Å². The smallest absolute Gasteiger partial charge is 0.251 e. The lowest BCUT2D eigenvalue weighted by Crippen LogP contribution is -2.32. The van der Waals surface area contributed by atoms with Gasteiger partial charge in [0.05, 0.1) is 12.1 Å². The molecule has 1 atom stereocenters. The number of anilines is 1. The van der Waals surface area contributed by atoms with E-state index in [1.165, 1.54) is 14.0 Å². The van der Waals surface area contributed by atoms with Gasteiger partial charge in [0.1, 0.15) is 17.7 Å². The number of amides is 2. The number of benzene rings is 1. The van der Waals surface area contributed by atoms with Gasteiger partial charge in [-0.2, -0.15) is 0 Å². The van der Waals surface area contributed by atoms with E-state index < -0.39 is 23.6 Å². The molecule has 1 aliphatic rings. The molecule has 2 amide bonds. The first kappa shape index (κ1) is 12.5. The Morgan fingerprint density at radius 3 is 2.50 bits per heavy atom. The van der Waals surface area contributed by atoms with Crippen LogP contribution >= 0.6 is 0 Å². The molecule has 0 aliphatic carbocycles. The Morgan fingerprint density at radius 1 is 1.28 bits per heavy atom. The Labute approximate surface area is 103 Å². The Balaban J connectivity index is 2.23. The number of hydrogen-bond acceptors (Lipinski definition) is 3. The van der Waals surface area contributed by atoms with Crippen LogP contribution in [0.5, 0.6) is 0 Å². The maximum Gasteiger partial charge on any atom is 0.251 e. The molecule has 0 saturated carbocycles. The number of likely N-dealkylation sites (tertiary alicyclic amines) is 1. The summed E-state index contributed by atoms with van der Waals surface area (Å²) in [7, 11) is 1.36. The lowest BCUT2D eigenvalue weighted by Gasteiger charge is -2.13. The number of nitrogens with zero attached hydrogens (tertiary/aromatic N) is 1. The zero-order valence-corrected chi connectivity index (χ0v) is 9.96. The monoisotopic (exact) mass is 254 g/mol. The van der Waals surface area contributed by atoms with Crippen LogP contribution in [-0.4, -0.2) is 29.8 Å². The fraction of sp³-hybridized carbons (Fsp3) is 0.333. The number of carbonyl (C=O) groups is 2. The molecular formula is C12H12F2N2O2. The number of aryl methyl sites for hydroxylation is 1. The number of halogens is 2. The molecule has 1 aromatic rings. The highest BCUT2D eigenvalue weighted by Gasteiger charge is 2.36. The van der Waals surface area contributed by atoms with E-state index in [-0.39, 0.29) is 23.6 Å². The predicted molar refractivity (Wildman–Crippen MR) is 60.9 cm³/mol. The summed E-state index contributed by atoms with van der Waals surface area (Å²) < 4.78 is 26.9. The normalized spacial score (nSPS) is 19.6. The lowest BCUT2D eigenvalue weighted by molar-refractivity contribution is -0.136. The highest BCUT2D eigenvalue weighted by atomic mass is 19.1. The molecule has 6 heteroatoms. The van der Waals surface area contributed by atoms with Gasteiger partial charge in [0, 0.05) is 13.1 Å². The second-order valence-electron chi connectivity index (χ2n) is 4.27. The fourth-order valence-electron chi connectivity index (χ4n) is 1.81. The molecule has 1 heterocycles. The second kappa shape index (κ2) is 4.36. The van der Waals surface area contributed by atoms with Crippen molar-refractivity contribution in [1.29, 1.82) is 0 Å². The lowest BCUT2D eigenvalue weighted by atomic mass is 10.1. The molecule has 0 aromatic heterocycles. The molecular weight excluding hydrogens is 242 g/mol. The van der Waals surface area contributed by atoms with E-state index in [4.69, 9.17) is 0 Å². The zero-order valence-electron chi connectivity index (χ0n) is 9.96. The Kier molecular flexibility index (Phi) is 3.02. The van der Waals surface area contributed by atoms with Gasteiger partial charge in [0.15, 0.2) is 0 Å². The standard InChI is InChI=1S/C12H12F2N2O2/c1-6-3-8(14)9(4-7(6)13)15-10-5-11(17)16(2)12(10)18/h3-4,10,15H,5H2,1-2H3. The van der Waals surface area contributed by atoms with Gasteiger partial charge >= 0.3 is 0 Å². The third-order valence-electron chi connectivity index (χ3n) is 2.96. The summed E-state index contributed by atoms with van der Waals surface area (Å²) in [5, 5.41) is 2.56. The van der Waals surface area contributed by atoms with Crippen LogP contribution in [0.3, 0.4) is 0 Å². The summed E-state index contributed by atoms with van der Waals surface area (Å²) >= 11 is 0. The van der Waals surface area contributed by atoms with Crippen molar-refractivity contribution in [3.63, 3.8) is 0 Å². The average Bonchev–Trinajstić information content (AvgIpc) is 2.54. The summed E-state index contributed by atoms with van der Waals surface area (Å²) in [6, 6.07) is 1.20. The first-order valence-electron chi connectivity index (χ1n) is 5.42. The minimum atomic E-state index is -0.834. The Hall–Kier alpha value is -1.98. The van der Waals surface area contributed by atoms with E-state index in [1.54, 1.807) is 0 Å². The van der Waals surface area contributed by atoms with Crippen molar-refractivity contribution in [3.05, 3.63) is 29.3 Å². The molecule has 96 valence electrons. The molecule has 0 bridgehead atoms. The molecule has 1 unspecified atom stereocenters. The Bertz CT molecular complexity index is 531. The van der Waals surface area contributed by atoms with Crippen LogP contribution in [0.15, 0.2) is 12.1 Å². The Morgan fingerprint density at radius 2 is 1.94 bits per heavy atom. The molecule has 1 N–H and O–H groups in total. The molecule has 0 spiro atoms. The maximum atomic E-state index is 13.6. The summed E-state index contributed by atoms with van der Waals surface area (Å²) in [5.41, 5.74) is 0.0727. The van der Waals surface area contributed by atoms with Gasteiger partial charge in [-0.15, -0.1) is 0 Å². The molecule has 0 radical (unpaired) electrons. The minimum Gasteiger partial charge on any atom is -0.371 e. The van der Waals surface area contributed by atoms with E-state index in [9.17, 15) is 18.4 Å². The van der Waals surface area contributed by atoms with Crippen LogP contribution in [0.1, 0.15) is 12.0 Å². The van der Waals surface area contributed by atoms with Crippen molar-refractivity contribution < 1.29 is 18.4 Å². The van der Waals surface area contributed by atoms with E-state index in [1.807, 2.05) is 0 Å². The summed E-state index contributed by atoms with van der Waals surface area (Å²) in [5.74, 6) is -2.00. The number of hydrogen-bond donors (Lipinski definition) is 1. The maximum absolute atomic E-state index is 13.6. The largest absolute Gasteiger partial charge is 0.371 e. The summed E-state index contributed by atoms with van der Waals surface area (Å²) in [4.78, 5) is 23.9. The molecule has 4 nitrogen and oxygen atoms in total. The van der Waals surface area contributed by atoms with Crippen molar-refractivity contribution in [2.45, 2.75) is 19.4 Å². The van der Waals surface area contributed by atoms with Crippen LogP contribution in [0.4, 0.5) is 14.5 Å². The number of carbonyl (C=O) groups excluding carboxylic acids is 2. The first-order valence-corrected chi connectivity index (χ1v) is 5.42. The van der Waals surface area contributed by atoms with Crippen molar-refractivity contribution in [3.8, 4) is 0 Å². The van der Waals surface area contributed by atoms with Gasteiger partial charge in [-0.1, -0.05) is 0 Å². The zero-order chi connectivity index (χ0) is 13.4. The number of imide groups is 1. The third kappa shape index (κ3) is 2.05. The molecule has 1 fully saturated rings. The van der Waals surface area contributed by atoms with Gasteiger partial charge in [0.2, 0.25) is 5.91 Å². The van der Waals surface area contributed by atoms with Crippen molar-refractivity contribution in [2.24, 2.45) is 0 Å². The minimum absolute atomic E-state index is 0.0513. The van der Waals surface area contributed by atoms with Gasteiger partial charge in [-0.25, -0.2) is 8.78 Å². The van der Waals surface area contributed by atoms with E-state index in [0.717, 1.165) is 17.0 Å². The number of nitrogens with one attached hydrogen (secondary N) is 1. The van der Waals surface area contributed by atoms with Gasteiger partial charge in [-0.05, 0) is 18.6 Å². The molecule has 1 saturated heterocycles. The first-order chi connectivity index (χ1) is 8.40. The van der Waals surface area contributed by atoms with Gasteiger partial charge in [0.25, 0.3) is 5.91 Å². The van der Waals surface area contributed by atoms with Crippen molar-refractivity contribution >= 4 is 17.5 Å². The fourth-order valence-corrected chi connectivity index (χ4v) is 1.81. The number of likely N-dealkylation sites (N-methyl/N-ethyl adjacent to an activating group) is 1. The van der Waals surface area contributed by atoms with Crippen LogP contribution in [0.2, 0.25) is 0 Å². The van der Waals surface area contributed by atoms with Crippen LogP contribution in [0, 0.1) is 18.6 Å². The van der Waals surface area contributed by atoms with Crippen LogP contribution < -0.4 is 5.32 Å². The average molecular weight is 254 g/mol. The van der Waals surface area contributed by atoms with Gasteiger partial charge in [-0.3, -0.25) is 14.5 Å². The highest BCUT2D eigenvalue weighted by Crippen LogP contribution is 2.22. The van der Waals surface area contributed by atoms with Crippen molar-refractivity contribution in [2.75, 3.05) is 12.4 Å². The van der Waals surface area contributed by atoms with Crippen LogP contribution in [-0.2, 0) is 9.59 Å². The third-order valence-corrected chi connectivity index (χ3v) is 2.96. The SMILES string of the molecule is Cc1cc(F)c(NC2CC(=O)N(C)C2=O)cc1F. The molecule has 1 aromatic carbocycles. The quantitative estimate of drug-likeness (QED) is 0.812. The number of rotatable bonds is 2. The predicted octanol–water partition coefficient (Wildman–Crippen LogP) is 1.44. The summed E-state index contributed by atoms with van der Waals surface area (Å²) in [6.45, 7) is 1.44.